The van der Waals surface area contributed by atoms with E-state index in [4.69, 9.17) is 10.3 Å². The second-order valence-corrected chi connectivity index (χ2v) is 3.38. The molecule has 0 fully saturated rings. The minimum atomic E-state index is 0.488. The van der Waals surface area contributed by atoms with Gasteiger partial charge in [0.25, 0.3) is 0 Å². The first-order chi connectivity index (χ1) is 7.25. The number of aryl methyl sites for hydroxylation is 2. The second kappa shape index (κ2) is 5.94. The van der Waals surface area contributed by atoms with Crippen molar-refractivity contribution in [3.05, 3.63) is 39.8 Å². The zero-order chi connectivity index (χ0) is 11.1. The molecule has 0 saturated heterocycles. The summed E-state index contributed by atoms with van der Waals surface area (Å²) < 4.78 is 5.63. The lowest BCUT2D eigenvalue weighted by Crippen LogP contribution is -2.01. The summed E-state index contributed by atoms with van der Waals surface area (Å²) in [5, 5.41) is 3.45. The van der Waals surface area contributed by atoms with Gasteiger partial charge in [0, 0.05) is 11.5 Å². The first-order valence-electron chi connectivity index (χ1n) is 4.95. The Labute approximate surface area is 89.5 Å². The van der Waals surface area contributed by atoms with Crippen molar-refractivity contribution in [1.29, 1.82) is 0 Å². The summed E-state index contributed by atoms with van der Waals surface area (Å²) in [4.78, 5) is 2.68. The Kier molecular flexibility index (Phi) is 4.51. The highest BCUT2D eigenvalue weighted by molar-refractivity contribution is 5.39. The van der Waals surface area contributed by atoms with E-state index in [9.17, 15) is 0 Å². The van der Waals surface area contributed by atoms with Crippen LogP contribution in [0.5, 0.6) is 5.75 Å². The molecule has 0 saturated carbocycles. The fourth-order valence-corrected chi connectivity index (χ4v) is 1.38. The van der Waals surface area contributed by atoms with Crippen LogP contribution in [-0.4, -0.2) is 13.2 Å². The van der Waals surface area contributed by atoms with Crippen LogP contribution in [0.25, 0.3) is 10.4 Å². The molecule has 0 spiro atoms. The molecule has 1 aromatic rings. The van der Waals surface area contributed by atoms with Crippen LogP contribution < -0.4 is 4.74 Å². The van der Waals surface area contributed by atoms with E-state index in [1.165, 1.54) is 0 Å². The molecule has 0 aliphatic rings. The van der Waals surface area contributed by atoms with E-state index < -0.39 is 0 Å². The summed E-state index contributed by atoms with van der Waals surface area (Å²) >= 11 is 0. The van der Waals surface area contributed by atoms with Gasteiger partial charge in [0.2, 0.25) is 0 Å². The number of hydrogen-bond acceptors (Lipinski definition) is 2. The molecule has 0 aromatic heterocycles. The molecule has 4 nitrogen and oxygen atoms in total. The lowest BCUT2D eigenvalue weighted by molar-refractivity contribution is 0.309. The van der Waals surface area contributed by atoms with Gasteiger partial charge < -0.3 is 4.74 Å². The van der Waals surface area contributed by atoms with Crippen molar-refractivity contribution >= 4 is 0 Å². The zero-order valence-electron chi connectivity index (χ0n) is 9.10. The molecule has 0 unspecified atom stereocenters. The Morgan fingerprint density at radius 1 is 1.33 bits per heavy atom. The van der Waals surface area contributed by atoms with Crippen LogP contribution in [0.1, 0.15) is 17.5 Å². The smallest absolute Gasteiger partial charge is 0.125 e. The topological polar surface area (TPSA) is 58.0 Å². The number of ether oxygens (including phenoxy) is 1. The van der Waals surface area contributed by atoms with Crippen LogP contribution in [0.15, 0.2) is 23.3 Å². The highest BCUT2D eigenvalue weighted by Crippen LogP contribution is 2.22. The predicted molar refractivity (Wildman–Crippen MR) is 60.0 cm³/mol. The maximum Gasteiger partial charge on any atom is 0.125 e. The molecule has 0 amide bonds. The molecule has 0 atom stereocenters. The Hall–Kier alpha value is -1.67. The molecule has 0 aliphatic heterocycles. The van der Waals surface area contributed by atoms with Crippen molar-refractivity contribution in [2.45, 2.75) is 20.3 Å². The molecular weight excluding hydrogens is 190 g/mol. The van der Waals surface area contributed by atoms with Crippen LogP contribution in [0.4, 0.5) is 0 Å². The standard InChI is InChI=1S/C11H15N3O/c1-9-5-3-6-10(2)11(9)15-8-4-7-13-14-12/h3,5-6H,4,7-8H2,1-2H3. The fraction of sp³-hybridized carbons (Fsp3) is 0.455. The average molecular weight is 205 g/mol. The molecule has 0 radical (unpaired) electrons. The maximum absolute atomic E-state index is 8.09. The number of nitrogens with zero attached hydrogens (tertiary/aromatic N) is 3. The van der Waals surface area contributed by atoms with Crippen LogP contribution in [-0.2, 0) is 0 Å². The van der Waals surface area contributed by atoms with E-state index in [0.29, 0.717) is 13.2 Å². The Morgan fingerprint density at radius 3 is 2.60 bits per heavy atom. The molecule has 0 aliphatic carbocycles. The van der Waals surface area contributed by atoms with Gasteiger partial charge in [-0.25, -0.2) is 0 Å². The van der Waals surface area contributed by atoms with E-state index in [-0.39, 0.29) is 0 Å². The van der Waals surface area contributed by atoms with E-state index in [1.54, 1.807) is 0 Å². The first-order valence-corrected chi connectivity index (χ1v) is 4.95. The van der Waals surface area contributed by atoms with Crippen LogP contribution >= 0.6 is 0 Å². The van der Waals surface area contributed by atoms with Crippen LogP contribution in [0.3, 0.4) is 0 Å². The van der Waals surface area contributed by atoms with Gasteiger partial charge in [-0.05, 0) is 36.9 Å². The second-order valence-electron chi connectivity index (χ2n) is 3.38. The molecule has 4 heteroatoms. The lowest BCUT2D eigenvalue weighted by Gasteiger charge is -2.10. The zero-order valence-corrected chi connectivity index (χ0v) is 9.10. The number of benzene rings is 1. The van der Waals surface area contributed by atoms with Gasteiger partial charge in [0.1, 0.15) is 5.75 Å². The van der Waals surface area contributed by atoms with E-state index >= 15 is 0 Å². The SMILES string of the molecule is Cc1cccc(C)c1OCCCN=[N+]=[N-]. The Balaban J connectivity index is 2.46. The highest BCUT2D eigenvalue weighted by atomic mass is 16.5. The van der Waals surface area contributed by atoms with E-state index in [1.807, 2.05) is 32.0 Å². The third-order valence-electron chi connectivity index (χ3n) is 2.12. The van der Waals surface area contributed by atoms with Crippen molar-refractivity contribution < 1.29 is 4.74 Å². The fourth-order valence-electron chi connectivity index (χ4n) is 1.38. The van der Waals surface area contributed by atoms with Crippen molar-refractivity contribution in [2.75, 3.05) is 13.2 Å². The van der Waals surface area contributed by atoms with Crippen molar-refractivity contribution in [2.24, 2.45) is 5.11 Å². The van der Waals surface area contributed by atoms with Gasteiger partial charge in [-0.15, -0.1) is 0 Å². The normalized spacial score (nSPS) is 9.47. The van der Waals surface area contributed by atoms with Crippen molar-refractivity contribution in [3.8, 4) is 5.75 Å². The monoisotopic (exact) mass is 205 g/mol. The molecule has 0 heterocycles. The highest BCUT2D eigenvalue weighted by Gasteiger charge is 2.01. The van der Waals surface area contributed by atoms with Gasteiger partial charge >= 0.3 is 0 Å². The first kappa shape index (κ1) is 11.4. The molecule has 0 bridgehead atoms. The van der Waals surface area contributed by atoms with E-state index in [2.05, 4.69) is 10.0 Å². The number of para-hydroxylation sites is 1. The summed E-state index contributed by atoms with van der Waals surface area (Å²) in [6.07, 6.45) is 0.748. The maximum atomic E-state index is 8.09. The quantitative estimate of drug-likeness (QED) is 0.314. The number of hydrogen-bond donors (Lipinski definition) is 0. The van der Waals surface area contributed by atoms with Gasteiger partial charge in [-0.1, -0.05) is 23.3 Å². The third kappa shape index (κ3) is 3.52. The van der Waals surface area contributed by atoms with Crippen LogP contribution in [0, 0.1) is 13.8 Å². The summed E-state index contributed by atoms with van der Waals surface area (Å²) in [7, 11) is 0. The summed E-state index contributed by atoms with van der Waals surface area (Å²) in [5.74, 6) is 0.943. The number of azide groups is 1. The Morgan fingerprint density at radius 2 is 2.00 bits per heavy atom. The minimum absolute atomic E-state index is 0.488. The molecule has 1 rings (SSSR count). The number of rotatable bonds is 5. The summed E-state index contributed by atoms with van der Waals surface area (Å²) in [6.45, 7) is 5.12. The predicted octanol–water partition coefficient (Wildman–Crippen LogP) is 3.38. The van der Waals surface area contributed by atoms with Gasteiger partial charge in [-0.2, -0.15) is 0 Å². The van der Waals surface area contributed by atoms with Crippen LogP contribution in [0.2, 0.25) is 0 Å². The van der Waals surface area contributed by atoms with Gasteiger partial charge in [0.05, 0.1) is 6.61 Å². The molecular formula is C11H15N3O. The van der Waals surface area contributed by atoms with Crippen molar-refractivity contribution in [1.82, 2.24) is 0 Å². The molecule has 0 N–H and O–H groups in total. The third-order valence-corrected chi connectivity index (χ3v) is 2.12. The summed E-state index contributed by atoms with van der Waals surface area (Å²) in [6, 6.07) is 6.06. The average Bonchev–Trinajstić information content (AvgIpc) is 2.21. The Bertz CT molecular complexity index is 350. The minimum Gasteiger partial charge on any atom is -0.493 e. The van der Waals surface area contributed by atoms with E-state index in [0.717, 1.165) is 23.3 Å². The largest absolute Gasteiger partial charge is 0.493 e. The van der Waals surface area contributed by atoms with Gasteiger partial charge in [0.15, 0.2) is 0 Å². The lowest BCUT2D eigenvalue weighted by atomic mass is 10.1. The summed E-state index contributed by atoms with van der Waals surface area (Å²) in [5.41, 5.74) is 10.4. The van der Waals surface area contributed by atoms with Gasteiger partial charge in [-0.3, -0.25) is 0 Å². The van der Waals surface area contributed by atoms with Crippen molar-refractivity contribution in [3.63, 3.8) is 0 Å². The molecule has 1 aromatic carbocycles. The molecule has 15 heavy (non-hydrogen) atoms. The molecule has 80 valence electrons.